The Hall–Kier alpha value is -1.76. The van der Waals surface area contributed by atoms with Crippen molar-refractivity contribution >= 4 is 29.7 Å². The van der Waals surface area contributed by atoms with Crippen molar-refractivity contribution in [1.29, 1.82) is 0 Å². The fourth-order valence-electron chi connectivity index (χ4n) is 4.32. The summed E-state index contributed by atoms with van der Waals surface area (Å²) < 4.78 is 42.7. The summed E-state index contributed by atoms with van der Waals surface area (Å²) in [5.41, 5.74) is 0. The van der Waals surface area contributed by atoms with Crippen LogP contribution >= 0.6 is 11.8 Å². The van der Waals surface area contributed by atoms with E-state index in [1.807, 2.05) is 11.8 Å². The van der Waals surface area contributed by atoms with Crippen LogP contribution in [0.4, 0.5) is 4.79 Å². The molecule has 3 amide bonds. The minimum absolute atomic E-state index is 0.0377. The number of ether oxygens (including phenoxy) is 8. The molecule has 0 aliphatic carbocycles. The van der Waals surface area contributed by atoms with E-state index in [0.29, 0.717) is 111 Å². The highest BCUT2D eigenvalue weighted by atomic mass is 32.2. The second-order valence-corrected chi connectivity index (χ2v) is 11.2. The maximum Gasteiger partial charge on any atom is 0.329 e. The minimum atomic E-state index is -0.999. The standard InChI is InChI=1S/C28H51N3O12S/c32-25(4-2-1-3-24-27-23(22-44-24)30-28(35)31-27)29-5-6-36-7-8-37-9-10-38-11-12-39-13-14-40-15-16-41-17-18-42-19-20-43-21-26(33)34/h23-24,27H,1-22H2,(H,29,32)(H,33,34)(H2,30,31,35)/t23-,24-,27-/m0/s1. The van der Waals surface area contributed by atoms with Crippen molar-refractivity contribution in [1.82, 2.24) is 16.0 Å². The van der Waals surface area contributed by atoms with Crippen LogP contribution in [0.3, 0.4) is 0 Å². The summed E-state index contributed by atoms with van der Waals surface area (Å²) >= 11 is 1.90. The van der Waals surface area contributed by atoms with Gasteiger partial charge in [0.05, 0.1) is 111 Å². The maximum absolute atomic E-state index is 12.0. The zero-order valence-corrected chi connectivity index (χ0v) is 26.5. The van der Waals surface area contributed by atoms with Crippen molar-refractivity contribution in [3.8, 4) is 0 Å². The number of nitrogens with one attached hydrogen (secondary N) is 3. The Kier molecular flexibility index (Phi) is 23.1. The number of carbonyl (C=O) groups is 3. The molecule has 2 rings (SSSR count). The van der Waals surface area contributed by atoms with Crippen LogP contribution in [0.25, 0.3) is 0 Å². The zero-order valence-electron chi connectivity index (χ0n) is 25.6. The van der Waals surface area contributed by atoms with E-state index in [2.05, 4.69) is 16.0 Å². The molecule has 2 saturated heterocycles. The van der Waals surface area contributed by atoms with Gasteiger partial charge < -0.3 is 59.0 Å². The lowest BCUT2D eigenvalue weighted by atomic mass is 10.0. The molecule has 16 heteroatoms. The lowest BCUT2D eigenvalue weighted by molar-refractivity contribution is -0.142. The number of hydrogen-bond donors (Lipinski definition) is 4. The van der Waals surface area contributed by atoms with Crippen molar-refractivity contribution in [3.63, 3.8) is 0 Å². The Balaban J connectivity index is 1.19. The number of carboxylic acids is 1. The summed E-state index contributed by atoms with van der Waals surface area (Å²) in [5, 5.41) is 17.7. The van der Waals surface area contributed by atoms with Crippen molar-refractivity contribution in [2.24, 2.45) is 0 Å². The van der Waals surface area contributed by atoms with Gasteiger partial charge in [0.2, 0.25) is 5.91 Å². The van der Waals surface area contributed by atoms with Gasteiger partial charge in [-0.1, -0.05) is 6.42 Å². The average Bonchev–Trinajstić information content (AvgIpc) is 3.56. The number of rotatable bonds is 31. The molecule has 15 nitrogen and oxygen atoms in total. The molecular weight excluding hydrogens is 602 g/mol. The van der Waals surface area contributed by atoms with Crippen LogP contribution in [0, 0.1) is 0 Å². The molecule has 0 radical (unpaired) electrons. The van der Waals surface area contributed by atoms with Crippen LogP contribution in [-0.4, -0.2) is 158 Å². The van der Waals surface area contributed by atoms with Crippen molar-refractivity contribution in [2.75, 3.05) is 118 Å². The molecule has 0 aromatic rings. The molecule has 2 aliphatic rings. The van der Waals surface area contributed by atoms with Gasteiger partial charge in [-0.25, -0.2) is 9.59 Å². The normalized spacial score (nSPS) is 19.1. The topological polar surface area (TPSA) is 181 Å². The predicted molar refractivity (Wildman–Crippen MR) is 161 cm³/mol. The molecular formula is C28H51N3O12S. The largest absolute Gasteiger partial charge is 0.480 e. The van der Waals surface area contributed by atoms with Gasteiger partial charge in [0, 0.05) is 24.0 Å². The fourth-order valence-corrected chi connectivity index (χ4v) is 5.87. The molecule has 44 heavy (non-hydrogen) atoms. The number of carbonyl (C=O) groups excluding carboxylic acids is 2. The number of unbranched alkanes of at least 4 members (excludes halogenated alkanes) is 1. The number of carboxylic acid groups (broad SMARTS) is 1. The molecule has 0 unspecified atom stereocenters. The van der Waals surface area contributed by atoms with E-state index >= 15 is 0 Å². The summed E-state index contributed by atoms with van der Waals surface area (Å²) in [4.78, 5) is 33.7. The van der Waals surface area contributed by atoms with Crippen molar-refractivity contribution in [2.45, 2.75) is 43.0 Å². The molecule has 3 atom stereocenters. The summed E-state index contributed by atoms with van der Waals surface area (Å²) in [6.07, 6.45) is 3.32. The van der Waals surface area contributed by atoms with Gasteiger partial charge >= 0.3 is 12.0 Å². The third-order valence-electron chi connectivity index (χ3n) is 6.48. The van der Waals surface area contributed by atoms with Crippen molar-refractivity contribution < 1.29 is 57.4 Å². The van der Waals surface area contributed by atoms with Gasteiger partial charge in [0.15, 0.2) is 0 Å². The number of thioether (sulfide) groups is 1. The summed E-state index contributed by atoms with van der Waals surface area (Å²) in [6.45, 7) is 6.65. The highest BCUT2D eigenvalue weighted by molar-refractivity contribution is 8.00. The SMILES string of the molecule is O=C(O)COCCOCCOCCOCCOCCOCCOCCOCCNC(=O)CCCC[C@@H]1SC[C@@H]2NC(=O)N[C@@H]21. The van der Waals surface area contributed by atoms with E-state index in [4.69, 9.17) is 43.0 Å². The minimum Gasteiger partial charge on any atom is -0.480 e. The molecule has 2 fully saturated rings. The second kappa shape index (κ2) is 26.5. The van der Waals surface area contributed by atoms with Gasteiger partial charge in [-0.2, -0.15) is 11.8 Å². The Labute approximate surface area is 264 Å². The van der Waals surface area contributed by atoms with Gasteiger partial charge in [-0.05, 0) is 12.8 Å². The highest BCUT2D eigenvalue weighted by Crippen LogP contribution is 2.33. The monoisotopic (exact) mass is 653 g/mol. The van der Waals surface area contributed by atoms with Gasteiger partial charge in [0.1, 0.15) is 6.61 Å². The Bertz CT molecular complexity index is 769. The van der Waals surface area contributed by atoms with Crippen LogP contribution in [-0.2, 0) is 47.5 Å². The third-order valence-corrected chi connectivity index (χ3v) is 7.99. The number of amides is 3. The van der Waals surface area contributed by atoms with Gasteiger partial charge in [-0.15, -0.1) is 0 Å². The number of fused-ring (bicyclic) bond motifs is 1. The first kappa shape index (κ1) is 38.4. The van der Waals surface area contributed by atoms with Gasteiger partial charge in [-0.3, -0.25) is 4.79 Å². The first-order chi connectivity index (χ1) is 21.6. The molecule has 0 spiro atoms. The summed E-state index contributed by atoms with van der Waals surface area (Å²) in [6, 6.07) is 0.400. The number of aliphatic carboxylic acids is 1. The molecule has 256 valence electrons. The molecule has 0 bridgehead atoms. The molecule has 0 aromatic carbocycles. The smallest absolute Gasteiger partial charge is 0.329 e. The summed E-state index contributed by atoms with van der Waals surface area (Å²) in [7, 11) is 0. The lowest BCUT2D eigenvalue weighted by Gasteiger charge is -2.16. The van der Waals surface area contributed by atoms with Crippen LogP contribution in [0.1, 0.15) is 25.7 Å². The second-order valence-electron chi connectivity index (χ2n) is 9.95. The van der Waals surface area contributed by atoms with Crippen LogP contribution < -0.4 is 16.0 Å². The number of hydrogen-bond acceptors (Lipinski definition) is 12. The third kappa shape index (κ3) is 20.3. The average molecular weight is 654 g/mol. The zero-order chi connectivity index (χ0) is 31.5. The highest BCUT2D eigenvalue weighted by Gasteiger charge is 2.42. The fraction of sp³-hybridized carbons (Fsp3) is 0.893. The Morgan fingerprint density at radius 2 is 1.18 bits per heavy atom. The van der Waals surface area contributed by atoms with Crippen LogP contribution in [0.2, 0.25) is 0 Å². The predicted octanol–water partition coefficient (Wildman–Crippen LogP) is 0.0458. The first-order valence-corrected chi connectivity index (χ1v) is 16.4. The van der Waals surface area contributed by atoms with E-state index in [9.17, 15) is 14.4 Å². The van der Waals surface area contributed by atoms with Gasteiger partial charge in [0.25, 0.3) is 0 Å². The first-order valence-electron chi connectivity index (χ1n) is 15.4. The Morgan fingerprint density at radius 1 is 0.705 bits per heavy atom. The van der Waals surface area contributed by atoms with Crippen LogP contribution in [0.15, 0.2) is 0 Å². The molecule has 0 saturated carbocycles. The Morgan fingerprint density at radius 3 is 1.68 bits per heavy atom. The molecule has 2 heterocycles. The van der Waals surface area contributed by atoms with E-state index in [-0.39, 0.29) is 37.2 Å². The quantitative estimate of drug-likeness (QED) is 0.0583. The van der Waals surface area contributed by atoms with Crippen LogP contribution in [0.5, 0.6) is 0 Å². The van der Waals surface area contributed by atoms with E-state index in [1.165, 1.54) is 0 Å². The summed E-state index contributed by atoms with van der Waals surface area (Å²) in [5.74, 6) is -0.00475. The van der Waals surface area contributed by atoms with E-state index in [0.717, 1.165) is 25.0 Å². The van der Waals surface area contributed by atoms with E-state index < -0.39 is 5.97 Å². The molecule has 2 aliphatic heterocycles. The van der Waals surface area contributed by atoms with Crippen molar-refractivity contribution in [3.05, 3.63) is 0 Å². The molecule has 0 aromatic heterocycles. The van der Waals surface area contributed by atoms with E-state index in [1.54, 1.807) is 0 Å². The maximum atomic E-state index is 12.0. The molecule has 4 N–H and O–H groups in total. The lowest BCUT2D eigenvalue weighted by Crippen LogP contribution is -2.36. The number of urea groups is 1.